The maximum Gasteiger partial charge on any atom is 0.0220 e. The minimum Gasteiger partial charge on any atom is -0.309 e. The molecule has 0 atom stereocenters. The summed E-state index contributed by atoms with van der Waals surface area (Å²) >= 11 is 3.55. The summed E-state index contributed by atoms with van der Waals surface area (Å²) in [4.78, 5) is 0. The highest BCUT2D eigenvalue weighted by molar-refractivity contribution is 9.10. The van der Waals surface area contributed by atoms with Gasteiger partial charge in [-0.15, -0.1) is 0 Å². The summed E-state index contributed by atoms with van der Waals surface area (Å²) < 4.78 is 1.19. The van der Waals surface area contributed by atoms with Crippen LogP contribution in [-0.2, 0) is 6.54 Å². The number of rotatable bonds is 3. The van der Waals surface area contributed by atoms with Crippen molar-refractivity contribution in [3.05, 3.63) is 46.5 Å². The average Bonchev–Trinajstić information content (AvgIpc) is 2.69. The normalized spacial score (nSPS) is 16.4. The summed E-state index contributed by atoms with van der Waals surface area (Å²) in [5, 5.41) is 3.55. The van der Waals surface area contributed by atoms with Gasteiger partial charge in [0, 0.05) is 17.1 Å². The van der Waals surface area contributed by atoms with Gasteiger partial charge in [0.2, 0.25) is 0 Å². The van der Waals surface area contributed by atoms with Crippen LogP contribution in [0.15, 0.2) is 40.9 Å². The molecule has 1 aliphatic rings. The lowest BCUT2D eigenvalue weighted by Crippen LogP contribution is -2.25. The van der Waals surface area contributed by atoms with E-state index in [0.717, 1.165) is 6.54 Å². The largest absolute Gasteiger partial charge is 0.309 e. The van der Waals surface area contributed by atoms with E-state index in [1.54, 1.807) is 0 Å². The van der Waals surface area contributed by atoms with Gasteiger partial charge in [-0.2, -0.15) is 0 Å². The molecule has 0 unspecified atom stereocenters. The van der Waals surface area contributed by atoms with Gasteiger partial charge in [-0.25, -0.2) is 0 Å². The third-order valence-electron chi connectivity index (χ3n) is 2.55. The smallest absolute Gasteiger partial charge is 0.0220 e. The first-order chi connectivity index (χ1) is 6.86. The van der Waals surface area contributed by atoms with Gasteiger partial charge in [0.15, 0.2) is 0 Å². The highest BCUT2D eigenvalue weighted by atomic mass is 79.9. The summed E-state index contributed by atoms with van der Waals surface area (Å²) in [5.41, 5.74) is 1.33. The van der Waals surface area contributed by atoms with Crippen LogP contribution in [-0.4, -0.2) is 6.04 Å². The molecular weight excluding hydrogens is 238 g/mol. The van der Waals surface area contributed by atoms with E-state index < -0.39 is 0 Å². The number of hydrogen-bond acceptors (Lipinski definition) is 1. The molecule has 1 nitrogen and oxygen atoms in total. The summed E-state index contributed by atoms with van der Waals surface area (Å²) in [6, 6.07) is 9.00. The lowest BCUT2D eigenvalue weighted by Gasteiger charge is -2.12. The van der Waals surface area contributed by atoms with Crippen LogP contribution in [0.4, 0.5) is 0 Å². The summed E-state index contributed by atoms with van der Waals surface area (Å²) in [6.07, 6.45) is 6.84. The molecule has 0 bridgehead atoms. The van der Waals surface area contributed by atoms with Crippen molar-refractivity contribution in [1.29, 1.82) is 0 Å². The Morgan fingerprint density at radius 2 is 1.93 bits per heavy atom. The number of halogens is 1. The Labute approximate surface area is 93.3 Å². The summed E-state index contributed by atoms with van der Waals surface area (Å²) in [7, 11) is 0. The second-order valence-corrected chi connectivity index (χ2v) is 4.47. The van der Waals surface area contributed by atoms with Gasteiger partial charge in [0.05, 0.1) is 0 Å². The Balaban J connectivity index is 1.88. The Hall–Kier alpha value is -0.600. The molecule has 0 heterocycles. The monoisotopic (exact) mass is 251 g/mol. The zero-order valence-electron chi connectivity index (χ0n) is 8.04. The fourth-order valence-corrected chi connectivity index (χ4v) is 2.10. The van der Waals surface area contributed by atoms with Gasteiger partial charge in [0.1, 0.15) is 0 Å². The van der Waals surface area contributed by atoms with Crippen molar-refractivity contribution in [3.8, 4) is 0 Å². The van der Waals surface area contributed by atoms with Crippen LogP contribution in [0.25, 0.3) is 0 Å². The molecule has 0 spiro atoms. The van der Waals surface area contributed by atoms with E-state index in [0.29, 0.717) is 6.04 Å². The second kappa shape index (κ2) is 4.76. The van der Waals surface area contributed by atoms with Crippen molar-refractivity contribution in [2.45, 2.75) is 25.4 Å². The summed E-state index contributed by atoms with van der Waals surface area (Å²) in [6.45, 7) is 0.952. The molecule has 1 aromatic rings. The highest BCUT2D eigenvalue weighted by Crippen LogP contribution is 2.17. The molecule has 0 amide bonds. The van der Waals surface area contributed by atoms with Gasteiger partial charge < -0.3 is 5.32 Å². The molecule has 1 N–H and O–H groups in total. The second-order valence-electron chi connectivity index (χ2n) is 3.61. The zero-order valence-corrected chi connectivity index (χ0v) is 9.63. The molecule has 1 aromatic carbocycles. The van der Waals surface area contributed by atoms with Crippen LogP contribution in [0.5, 0.6) is 0 Å². The minimum atomic E-state index is 0.641. The maximum absolute atomic E-state index is 3.55. The Morgan fingerprint density at radius 3 is 2.64 bits per heavy atom. The van der Waals surface area contributed by atoms with E-state index in [1.807, 2.05) is 6.07 Å². The standard InChI is InChI=1S/C12H14BrN/c13-12-8-4-1-5-10(12)9-14-11-6-2-3-7-11/h1-5,8,11,14H,6-7,9H2. The molecule has 74 valence electrons. The first-order valence-corrected chi connectivity index (χ1v) is 5.77. The van der Waals surface area contributed by atoms with Crippen molar-refractivity contribution < 1.29 is 0 Å². The lowest BCUT2D eigenvalue weighted by molar-refractivity contribution is 0.538. The van der Waals surface area contributed by atoms with Crippen molar-refractivity contribution in [2.75, 3.05) is 0 Å². The average molecular weight is 252 g/mol. The molecule has 0 aliphatic heterocycles. The molecule has 0 saturated heterocycles. The van der Waals surface area contributed by atoms with E-state index in [9.17, 15) is 0 Å². The zero-order chi connectivity index (χ0) is 9.80. The molecule has 1 aliphatic carbocycles. The van der Waals surface area contributed by atoms with Crippen LogP contribution >= 0.6 is 15.9 Å². The first-order valence-electron chi connectivity index (χ1n) is 4.98. The van der Waals surface area contributed by atoms with E-state index in [-0.39, 0.29) is 0 Å². The number of hydrogen-bond donors (Lipinski definition) is 1. The van der Waals surface area contributed by atoms with Gasteiger partial charge in [0.25, 0.3) is 0 Å². The lowest BCUT2D eigenvalue weighted by atomic mass is 10.2. The topological polar surface area (TPSA) is 12.0 Å². The molecule has 2 heteroatoms. The summed E-state index contributed by atoms with van der Waals surface area (Å²) in [5.74, 6) is 0. The predicted octanol–water partition coefficient (Wildman–Crippen LogP) is 3.26. The van der Waals surface area contributed by atoms with Crippen LogP contribution in [0.2, 0.25) is 0 Å². The third-order valence-corrected chi connectivity index (χ3v) is 3.32. The molecule has 0 radical (unpaired) electrons. The number of benzene rings is 1. The molecule has 0 fully saturated rings. The fourth-order valence-electron chi connectivity index (χ4n) is 1.68. The van der Waals surface area contributed by atoms with Crippen LogP contribution in [0.3, 0.4) is 0 Å². The first kappa shape index (κ1) is 9.94. The van der Waals surface area contributed by atoms with Gasteiger partial charge in [-0.05, 0) is 24.5 Å². The van der Waals surface area contributed by atoms with E-state index in [1.165, 1.54) is 22.9 Å². The third kappa shape index (κ3) is 2.46. The van der Waals surface area contributed by atoms with Crippen molar-refractivity contribution in [1.82, 2.24) is 5.32 Å². The maximum atomic E-state index is 3.55. The van der Waals surface area contributed by atoms with E-state index in [2.05, 4.69) is 51.6 Å². The molecule has 2 rings (SSSR count). The van der Waals surface area contributed by atoms with Gasteiger partial charge >= 0.3 is 0 Å². The van der Waals surface area contributed by atoms with Gasteiger partial charge in [-0.1, -0.05) is 46.3 Å². The fraction of sp³-hybridized carbons (Fsp3) is 0.333. The minimum absolute atomic E-state index is 0.641. The number of nitrogens with one attached hydrogen (secondary N) is 1. The van der Waals surface area contributed by atoms with E-state index >= 15 is 0 Å². The molecule has 0 saturated carbocycles. The van der Waals surface area contributed by atoms with Crippen molar-refractivity contribution in [2.24, 2.45) is 0 Å². The van der Waals surface area contributed by atoms with Crippen molar-refractivity contribution in [3.63, 3.8) is 0 Å². The highest BCUT2D eigenvalue weighted by Gasteiger charge is 2.09. The quantitative estimate of drug-likeness (QED) is 0.814. The SMILES string of the molecule is Brc1ccccc1CNC1CC=CC1. The van der Waals surface area contributed by atoms with Gasteiger partial charge in [-0.3, -0.25) is 0 Å². The van der Waals surface area contributed by atoms with Crippen LogP contribution in [0, 0.1) is 0 Å². The Kier molecular flexibility index (Phi) is 3.38. The van der Waals surface area contributed by atoms with E-state index in [4.69, 9.17) is 0 Å². The molecule has 0 aromatic heterocycles. The van der Waals surface area contributed by atoms with Crippen LogP contribution in [0.1, 0.15) is 18.4 Å². The molecular formula is C12H14BrN. The molecule has 14 heavy (non-hydrogen) atoms. The van der Waals surface area contributed by atoms with Crippen LogP contribution < -0.4 is 5.32 Å². The Bertz CT molecular complexity index is 325. The Morgan fingerprint density at radius 1 is 1.21 bits per heavy atom. The van der Waals surface area contributed by atoms with Crippen molar-refractivity contribution >= 4 is 15.9 Å². The predicted molar refractivity (Wildman–Crippen MR) is 63.1 cm³/mol.